The maximum absolute atomic E-state index is 10.7. The van der Waals surface area contributed by atoms with Crippen molar-refractivity contribution in [3.05, 3.63) is 33.9 Å². The molecule has 0 saturated carbocycles. The lowest BCUT2D eigenvalue weighted by Crippen LogP contribution is -2.02. The summed E-state index contributed by atoms with van der Waals surface area (Å²) in [5.74, 6) is 0.263. The van der Waals surface area contributed by atoms with Crippen molar-refractivity contribution in [1.82, 2.24) is 0 Å². The van der Waals surface area contributed by atoms with E-state index in [9.17, 15) is 10.1 Å². The van der Waals surface area contributed by atoms with E-state index in [1.807, 2.05) is 0 Å². The molecule has 0 radical (unpaired) electrons. The van der Waals surface area contributed by atoms with Crippen molar-refractivity contribution in [2.24, 2.45) is 0 Å². The summed E-state index contributed by atoms with van der Waals surface area (Å²) in [5, 5.41) is 10.7. The van der Waals surface area contributed by atoms with Crippen molar-refractivity contribution in [2.45, 2.75) is 6.42 Å². The molecule has 6 nitrogen and oxygen atoms in total. The third-order valence-corrected chi connectivity index (χ3v) is 2.18. The van der Waals surface area contributed by atoms with Gasteiger partial charge in [0.05, 0.1) is 18.6 Å². The van der Waals surface area contributed by atoms with Crippen LogP contribution in [0.2, 0.25) is 0 Å². The second kappa shape index (κ2) is 6.82. The van der Waals surface area contributed by atoms with E-state index in [2.05, 4.69) is 0 Å². The summed E-state index contributed by atoms with van der Waals surface area (Å²) in [6, 6.07) is 4.77. The molecule has 0 unspecified atom stereocenters. The Hall–Kier alpha value is -1.66. The van der Waals surface area contributed by atoms with Gasteiger partial charge in [-0.25, -0.2) is 0 Å². The minimum Gasteiger partial charge on any atom is -0.490 e. The average Bonchev–Trinajstić information content (AvgIpc) is 2.34. The minimum atomic E-state index is -0.468. The number of hydrogen-bond acceptors (Lipinski definition) is 5. The third-order valence-electron chi connectivity index (χ3n) is 2.18. The Kier molecular flexibility index (Phi) is 5.38. The smallest absolute Gasteiger partial charge is 0.310 e. The van der Waals surface area contributed by atoms with Crippen LogP contribution in [0.4, 0.5) is 5.69 Å². The van der Waals surface area contributed by atoms with Gasteiger partial charge in [-0.1, -0.05) is 6.07 Å². The fourth-order valence-corrected chi connectivity index (χ4v) is 1.36. The minimum absolute atomic E-state index is 0.0333. The first kappa shape index (κ1) is 13.4. The highest BCUT2D eigenvalue weighted by Gasteiger charge is 2.14. The van der Waals surface area contributed by atoms with E-state index in [1.54, 1.807) is 19.2 Å². The number of methoxy groups -OCH3 is 2. The fourth-order valence-electron chi connectivity index (χ4n) is 1.36. The van der Waals surface area contributed by atoms with E-state index >= 15 is 0 Å². The first-order valence-corrected chi connectivity index (χ1v) is 5.07. The zero-order valence-electron chi connectivity index (χ0n) is 9.84. The van der Waals surface area contributed by atoms with Crippen LogP contribution < -0.4 is 4.74 Å². The zero-order valence-corrected chi connectivity index (χ0v) is 9.84. The Morgan fingerprint density at radius 2 is 2.12 bits per heavy atom. The normalized spacial score (nSPS) is 10.2. The standard InChI is InChI=1S/C11H15NO5/c1-15-8-17-6-5-9-3-4-10(12(13)14)11(7-9)16-2/h3-4,7H,5-6,8H2,1-2H3. The predicted octanol–water partition coefficient (Wildman–Crippen LogP) is 1.77. The van der Waals surface area contributed by atoms with Gasteiger partial charge in [0.15, 0.2) is 5.75 Å². The molecule has 0 saturated heterocycles. The molecule has 1 aromatic rings. The van der Waals surface area contributed by atoms with Gasteiger partial charge in [-0.15, -0.1) is 0 Å². The molecule has 17 heavy (non-hydrogen) atoms. The summed E-state index contributed by atoms with van der Waals surface area (Å²) < 4.78 is 14.8. The maximum atomic E-state index is 10.7. The van der Waals surface area contributed by atoms with Crippen molar-refractivity contribution < 1.29 is 19.1 Å². The second-order valence-electron chi connectivity index (χ2n) is 3.33. The lowest BCUT2D eigenvalue weighted by atomic mass is 10.1. The van der Waals surface area contributed by atoms with Crippen LogP contribution in [-0.4, -0.2) is 32.5 Å². The van der Waals surface area contributed by atoms with Crippen molar-refractivity contribution in [1.29, 1.82) is 0 Å². The number of nitrogens with zero attached hydrogens (tertiary/aromatic N) is 1. The molecule has 0 aromatic heterocycles. The van der Waals surface area contributed by atoms with E-state index in [-0.39, 0.29) is 18.2 Å². The van der Waals surface area contributed by atoms with E-state index in [4.69, 9.17) is 14.2 Å². The second-order valence-corrected chi connectivity index (χ2v) is 3.33. The summed E-state index contributed by atoms with van der Waals surface area (Å²) in [7, 11) is 2.96. The van der Waals surface area contributed by atoms with E-state index in [0.29, 0.717) is 13.0 Å². The maximum Gasteiger partial charge on any atom is 0.310 e. The van der Waals surface area contributed by atoms with E-state index in [0.717, 1.165) is 5.56 Å². The summed E-state index contributed by atoms with van der Waals surface area (Å²) in [5.41, 5.74) is 0.887. The molecule has 1 aromatic carbocycles. The Morgan fingerprint density at radius 1 is 1.35 bits per heavy atom. The molecule has 0 amide bonds. The first-order valence-electron chi connectivity index (χ1n) is 5.07. The van der Waals surface area contributed by atoms with Gasteiger partial charge in [0.25, 0.3) is 0 Å². The molecule has 0 N–H and O–H groups in total. The van der Waals surface area contributed by atoms with Gasteiger partial charge in [-0.3, -0.25) is 10.1 Å². The number of hydrogen-bond donors (Lipinski definition) is 0. The summed E-state index contributed by atoms with van der Waals surface area (Å²) in [6.45, 7) is 0.735. The topological polar surface area (TPSA) is 70.8 Å². The van der Waals surface area contributed by atoms with Gasteiger partial charge in [-0.2, -0.15) is 0 Å². The van der Waals surface area contributed by atoms with Crippen molar-refractivity contribution >= 4 is 5.69 Å². The quantitative estimate of drug-likeness (QED) is 0.315. The monoisotopic (exact) mass is 241 g/mol. The van der Waals surface area contributed by atoms with Crippen LogP contribution in [0.15, 0.2) is 18.2 Å². The summed E-state index contributed by atoms with van der Waals surface area (Å²) >= 11 is 0. The van der Waals surface area contributed by atoms with Crippen LogP contribution in [0, 0.1) is 10.1 Å². The fraction of sp³-hybridized carbons (Fsp3) is 0.455. The van der Waals surface area contributed by atoms with Gasteiger partial charge in [0.1, 0.15) is 6.79 Å². The molecule has 0 aliphatic carbocycles. The largest absolute Gasteiger partial charge is 0.490 e. The molecule has 6 heteroatoms. The molecule has 0 aliphatic rings. The molecule has 0 aliphatic heterocycles. The molecule has 94 valence electrons. The number of ether oxygens (including phenoxy) is 3. The zero-order chi connectivity index (χ0) is 12.7. The molecule has 0 spiro atoms. The molecule has 0 atom stereocenters. The molecule has 0 heterocycles. The highest BCUT2D eigenvalue weighted by atomic mass is 16.7. The van der Waals surface area contributed by atoms with Crippen molar-refractivity contribution in [3.63, 3.8) is 0 Å². The number of nitro groups is 1. The Morgan fingerprint density at radius 3 is 2.71 bits per heavy atom. The molecule has 0 bridgehead atoms. The molecule has 1 rings (SSSR count). The lowest BCUT2D eigenvalue weighted by Gasteiger charge is -2.06. The van der Waals surface area contributed by atoms with Gasteiger partial charge in [-0.05, 0) is 18.1 Å². The van der Waals surface area contributed by atoms with Crippen molar-refractivity contribution in [3.8, 4) is 5.75 Å². The van der Waals surface area contributed by atoms with Crippen LogP contribution in [-0.2, 0) is 15.9 Å². The predicted molar refractivity (Wildman–Crippen MR) is 61.2 cm³/mol. The average molecular weight is 241 g/mol. The van der Waals surface area contributed by atoms with Gasteiger partial charge in [0, 0.05) is 13.2 Å². The number of nitro benzene ring substituents is 1. The Labute approximate surface area is 99.2 Å². The van der Waals surface area contributed by atoms with Gasteiger partial charge < -0.3 is 14.2 Å². The Bertz CT molecular complexity index is 380. The Balaban J connectivity index is 2.66. The van der Waals surface area contributed by atoms with Crippen LogP contribution in [0.5, 0.6) is 5.75 Å². The molecular weight excluding hydrogens is 226 g/mol. The highest BCUT2D eigenvalue weighted by molar-refractivity contribution is 5.48. The number of rotatable bonds is 7. The summed E-state index contributed by atoms with van der Waals surface area (Å²) in [6.07, 6.45) is 0.651. The third kappa shape index (κ3) is 4.01. The van der Waals surface area contributed by atoms with E-state index < -0.39 is 4.92 Å². The van der Waals surface area contributed by atoms with Crippen LogP contribution >= 0.6 is 0 Å². The van der Waals surface area contributed by atoms with Gasteiger partial charge >= 0.3 is 5.69 Å². The lowest BCUT2D eigenvalue weighted by molar-refractivity contribution is -0.385. The van der Waals surface area contributed by atoms with Crippen molar-refractivity contribution in [2.75, 3.05) is 27.6 Å². The molecule has 0 fully saturated rings. The number of benzene rings is 1. The molecular formula is C11H15NO5. The highest BCUT2D eigenvalue weighted by Crippen LogP contribution is 2.27. The van der Waals surface area contributed by atoms with Crippen LogP contribution in [0.1, 0.15) is 5.56 Å². The van der Waals surface area contributed by atoms with Gasteiger partial charge in [0.2, 0.25) is 0 Å². The van der Waals surface area contributed by atoms with Crippen LogP contribution in [0.3, 0.4) is 0 Å². The first-order chi connectivity index (χ1) is 8.19. The van der Waals surface area contributed by atoms with Crippen LogP contribution in [0.25, 0.3) is 0 Å². The SMILES string of the molecule is COCOCCc1ccc([N+](=O)[O-])c(OC)c1. The van der Waals surface area contributed by atoms with E-state index in [1.165, 1.54) is 13.2 Å². The summed E-state index contributed by atoms with van der Waals surface area (Å²) in [4.78, 5) is 10.2.